The molecule has 7 heteroatoms. The zero-order valence-corrected chi connectivity index (χ0v) is 18.7. The number of hydrogen-bond acceptors (Lipinski definition) is 3. The molecule has 0 unspecified atom stereocenters. The van der Waals surface area contributed by atoms with Crippen LogP contribution in [-0.2, 0) is 13.0 Å². The quantitative estimate of drug-likeness (QED) is 0.295. The van der Waals surface area contributed by atoms with Crippen LogP contribution in [0.1, 0.15) is 23.6 Å². The summed E-state index contributed by atoms with van der Waals surface area (Å²) in [4.78, 5) is 4.61. The maximum Gasteiger partial charge on any atom is 0.191 e. The van der Waals surface area contributed by atoms with Crippen molar-refractivity contribution in [3.8, 4) is 11.8 Å². The summed E-state index contributed by atoms with van der Waals surface area (Å²) < 4.78 is 1.85. The number of aliphatic imine (C=N–C) groups is 1. The average molecular weight is 500 g/mol. The second-order valence-corrected chi connectivity index (χ2v) is 6.30. The minimum absolute atomic E-state index is 0. The third-order valence-electron chi connectivity index (χ3n) is 4.23. The van der Waals surface area contributed by atoms with Crippen LogP contribution in [0.2, 0.25) is 0 Å². The molecule has 0 aliphatic heterocycles. The average Bonchev–Trinajstić information content (AvgIpc) is 3.27. The van der Waals surface area contributed by atoms with Gasteiger partial charge in [-0.1, -0.05) is 24.3 Å². The summed E-state index contributed by atoms with van der Waals surface area (Å²) in [6.07, 6.45) is 4.60. The van der Waals surface area contributed by atoms with Crippen molar-refractivity contribution in [2.45, 2.75) is 19.9 Å². The summed E-state index contributed by atoms with van der Waals surface area (Å²) in [7, 11) is 0. The number of nitriles is 1. The van der Waals surface area contributed by atoms with Gasteiger partial charge in [0.15, 0.2) is 5.96 Å². The van der Waals surface area contributed by atoms with Crippen molar-refractivity contribution >= 4 is 29.9 Å². The smallest absolute Gasteiger partial charge is 0.191 e. The normalized spacial score (nSPS) is 10.7. The van der Waals surface area contributed by atoms with E-state index < -0.39 is 0 Å². The van der Waals surface area contributed by atoms with Crippen LogP contribution < -0.4 is 10.6 Å². The topological polar surface area (TPSA) is 78.0 Å². The largest absolute Gasteiger partial charge is 0.357 e. The molecule has 0 bridgehead atoms. The summed E-state index contributed by atoms with van der Waals surface area (Å²) in [6.45, 7) is 4.15. The molecule has 0 atom stereocenters. The molecule has 2 N–H and O–H groups in total. The van der Waals surface area contributed by atoms with Crippen molar-refractivity contribution < 1.29 is 0 Å². The first-order valence-corrected chi connectivity index (χ1v) is 9.38. The van der Waals surface area contributed by atoms with Crippen molar-refractivity contribution in [1.82, 2.24) is 20.4 Å². The van der Waals surface area contributed by atoms with Crippen LogP contribution in [0.3, 0.4) is 0 Å². The molecule has 29 heavy (non-hydrogen) atoms. The highest BCUT2D eigenvalue weighted by atomic mass is 127. The highest BCUT2D eigenvalue weighted by Crippen LogP contribution is 2.09. The first-order chi connectivity index (χ1) is 13.8. The van der Waals surface area contributed by atoms with Gasteiger partial charge in [-0.3, -0.25) is 0 Å². The minimum Gasteiger partial charge on any atom is -0.357 e. The number of rotatable bonds is 7. The van der Waals surface area contributed by atoms with Crippen molar-refractivity contribution in [2.75, 3.05) is 13.1 Å². The number of nitrogens with one attached hydrogen (secondary N) is 2. The molecule has 0 spiro atoms. The Morgan fingerprint density at radius 3 is 2.62 bits per heavy atom. The summed E-state index contributed by atoms with van der Waals surface area (Å²) >= 11 is 0. The fraction of sp³-hybridized carbons (Fsp3) is 0.227. The molecule has 2 aromatic carbocycles. The Labute approximate surface area is 188 Å². The molecule has 0 saturated heterocycles. The predicted octanol–water partition coefficient (Wildman–Crippen LogP) is 3.66. The molecule has 1 aromatic heterocycles. The Kier molecular flexibility index (Phi) is 9.18. The van der Waals surface area contributed by atoms with Crippen LogP contribution in [0.15, 0.2) is 72.0 Å². The summed E-state index contributed by atoms with van der Waals surface area (Å²) in [5.74, 6) is 0.776. The van der Waals surface area contributed by atoms with Gasteiger partial charge in [0.25, 0.3) is 0 Å². The number of guanidine groups is 1. The number of halogens is 1. The molecule has 6 nitrogen and oxygen atoms in total. The van der Waals surface area contributed by atoms with E-state index >= 15 is 0 Å². The van der Waals surface area contributed by atoms with Gasteiger partial charge in [-0.2, -0.15) is 10.4 Å². The maximum absolute atomic E-state index is 9.00. The molecule has 0 saturated carbocycles. The van der Waals surface area contributed by atoms with Crippen molar-refractivity contribution in [2.24, 2.45) is 4.99 Å². The Morgan fingerprint density at radius 2 is 1.93 bits per heavy atom. The first kappa shape index (κ1) is 22.4. The lowest BCUT2D eigenvalue weighted by Gasteiger charge is -2.11. The monoisotopic (exact) mass is 500 g/mol. The van der Waals surface area contributed by atoms with Crippen molar-refractivity contribution in [3.05, 3.63) is 83.7 Å². The fourth-order valence-corrected chi connectivity index (χ4v) is 2.81. The lowest BCUT2D eigenvalue weighted by Crippen LogP contribution is -2.38. The summed E-state index contributed by atoms with van der Waals surface area (Å²) in [5.41, 5.74) is 3.98. The van der Waals surface area contributed by atoms with Crippen LogP contribution in [0.4, 0.5) is 0 Å². The summed E-state index contributed by atoms with van der Waals surface area (Å²) in [6, 6.07) is 20.0. The SMILES string of the molecule is CCNC(=NCc1cccc(C#N)c1)NCCc1ccc(-n2cccn2)cc1.I. The van der Waals surface area contributed by atoms with Gasteiger partial charge in [0.05, 0.1) is 23.9 Å². The van der Waals surface area contributed by atoms with E-state index in [1.165, 1.54) is 5.56 Å². The molecule has 0 fully saturated rings. The van der Waals surface area contributed by atoms with Gasteiger partial charge < -0.3 is 10.6 Å². The molecule has 150 valence electrons. The zero-order valence-electron chi connectivity index (χ0n) is 16.4. The number of hydrogen-bond donors (Lipinski definition) is 2. The number of benzene rings is 2. The van der Waals surface area contributed by atoms with Crippen molar-refractivity contribution in [3.63, 3.8) is 0 Å². The molecule has 0 radical (unpaired) electrons. The highest BCUT2D eigenvalue weighted by molar-refractivity contribution is 14.0. The van der Waals surface area contributed by atoms with E-state index in [2.05, 4.69) is 51.1 Å². The van der Waals surface area contributed by atoms with E-state index in [-0.39, 0.29) is 24.0 Å². The van der Waals surface area contributed by atoms with Crippen LogP contribution in [0.25, 0.3) is 5.69 Å². The number of nitrogens with zero attached hydrogens (tertiary/aromatic N) is 4. The van der Waals surface area contributed by atoms with Gasteiger partial charge >= 0.3 is 0 Å². The Bertz CT molecular complexity index is 942. The zero-order chi connectivity index (χ0) is 19.6. The third-order valence-corrected chi connectivity index (χ3v) is 4.23. The van der Waals surface area contributed by atoms with Gasteiger partial charge in [0, 0.05) is 25.5 Å². The van der Waals surface area contributed by atoms with Gasteiger partial charge in [0.1, 0.15) is 0 Å². The molecular formula is C22H25IN6. The molecule has 0 aliphatic carbocycles. The maximum atomic E-state index is 9.00. The van der Waals surface area contributed by atoms with E-state index in [0.29, 0.717) is 12.1 Å². The van der Waals surface area contributed by atoms with E-state index in [1.807, 2.05) is 42.1 Å². The van der Waals surface area contributed by atoms with Gasteiger partial charge in [-0.15, -0.1) is 24.0 Å². The van der Waals surface area contributed by atoms with Gasteiger partial charge in [-0.05, 0) is 54.8 Å². The lowest BCUT2D eigenvalue weighted by atomic mass is 10.1. The molecule has 3 aromatic rings. The fourth-order valence-electron chi connectivity index (χ4n) is 2.81. The Morgan fingerprint density at radius 1 is 1.10 bits per heavy atom. The second-order valence-electron chi connectivity index (χ2n) is 6.30. The molecular weight excluding hydrogens is 475 g/mol. The van der Waals surface area contributed by atoms with E-state index in [1.54, 1.807) is 12.3 Å². The van der Waals surface area contributed by atoms with E-state index in [9.17, 15) is 0 Å². The predicted molar refractivity (Wildman–Crippen MR) is 127 cm³/mol. The summed E-state index contributed by atoms with van der Waals surface area (Å²) in [5, 5.41) is 19.9. The van der Waals surface area contributed by atoms with Crippen LogP contribution in [0.5, 0.6) is 0 Å². The molecule has 0 amide bonds. The van der Waals surface area contributed by atoms with Crippen LogP contribution in [0, 0.1) is 11.3 Å². The second kappa shape index (κ2) is 11.9. The van der Waals surface area contributed by atoms with E-state index in [4.69, 9.17) is 5.26 Å². The Hall–Kier alpha value is -2.86. The minimum atomic E-state index is 0. The molecule has 0 aliphatic rings. The van der Waals surface area contributed by atoms with Gasteiger partial charge in [-0.25, -0.2) is 9.67 Å². The van der Waals surface area contributed by atoms with Crippen LogP contribution >= 0.6 is 24.0 Å². The van der Waals surface area contributed by atoms with Gasteiger partial charge in [0.2, 0.25) is 0 Å². The third kappa shape index (κ3) is 6.91. The van der Waals surface area contributed by atoms with Crippen LogP contribution in [-0.4, -0.2) is 28.8 Å². The highest BCUT2D eigenvalue weighted by Gasteiger charge is 2.01. The standard InChI is InChI=1S/C22H24N6.HI/c1-2-24-22(26-17-20-6-3-5-19(15-20)16-23)25-13-11-18-7-9-21(10-8-18)28-14-4-12-27-28;/h3-10,12,14-15H,2,11,13,17H2,1H3,(H2,24,25,26);1H. The first-order valence-electron chi connectivity index (χ1n) is 9.38. The van der Waals surface area contributed by atoms with E-state index in [0.717, 1.165) is 36.7 Å². The molecule has 3 rings (SSSR count). The molecule has 1 heterocycles. The Balaban J connectivity index is 0.00000300. The van der Waals surface area contributed by atoms with Crippen molar-refractivity contribution in [1.29, 1.82) is 5.26 Å². The lowest BCUT2D eigenvalue weighted by molar-refractivity contribution is 0.799. The number of aromatic nitrogens is 2.